The maximum Gasteiger partial charge on any atom is 0.226 e. The Balaban J connectivity index is 1.82. The molecule has 0 unspecified atom stereocenters. The predicted molar refractivity (Wildman–Crippen MR) is 106 cm³/mol. The number of halogens is 1. The Morgan fingerprint density at radius 3 is 2.81 bits per heavy atom. The van der Waals surface area contributed by atoms with Gasteiger partial charge in [0.1, 0.15) is 18.7 Å². The minimum absolute atomic E-state index is 0.0490. The third-order valence-electron chi connectivity index (χ3n) is 3.64. The Kier molecular flexibility index (Phi) is 7.58. The van der Waals surface area contributed by atoms with E-state index >= 15 is 0 Å². The van der Waals surface area contributed by atoms with Crippen LogP contribution in [0.25, 0.3) is 0 Å². The molecule has 0 fully saturated rings. The minimum Gasteiger partial charge on any atom is -0.357 e. The van der Waals surface area contributed by atoms with Crippen molar-refractivity contribution in [2.75, 3.05) is 18.4 Å². The van der Waals surface area contributed by atoms with Gasteiger partial charge in [0.2, 0.25) is 5.91 Å². The number of rotatable bonds is 7. The quantitative estimate of drug-likeness (QED) is 0.469. The first-order valence-electron chi connectivity index (χ1n) is 8.40. The monoisotopic (exact) mass is 421 g/mol. The van der Waals surface area contributed by atoms with Gasteiger partial charge in [0.15, 0.2) is 5.96 Å². The topological polar surface area (TPSA) is 96.2 Å². The van der Waals surface area contributed by atoms with E-state index in [2.05, 4.69) is 47.0 Å². The van der Waals surface area contributed by atoms with Crippen LogP contribution in [-0.2, 0) is 18.4 Å². The molecule has 0 spiro atoms. The highest BCUT2D eigenvalue weighted by atomic mass is 79.9. The molecule has 1 heterocycles. The summed E-state index contributed by atoms with van der Waals surface area (Å²) in [6, 6.07) is 5.76. The van der Waals surface area contributed by atoms with Crippen LogP contribution in [0, 0.1) is 6.92 Å². The van der Waals surface area contributed by atoms with Crippen LogP contribution < -0.4 is 16.0 Å². The second kappa shape index (κ2) is 9.91. The SMILES string of the molecule is CCNC(=NCc1ncnn1C)NCCC(=O)Nc1ccc(Br)cc1C. The van der Waals surface area contributed by atoms with Gasteiger partial charge in [-0.3, -0.25) is 9.48 Å². The van der Waals surface area contributed by atoms with E-state index < -0.39 is 0 Å². The Labute approximate surface area is 161 Å². The summed E-state index contributed by atoms with van der Waals surface area (Å²) < 4.78 is 2.67. The number of nitrogens with zero attached hydrogens (tertiary/aromatic N) is 4. The van der Waals surface area contributed by atoms with E-state index in [1.807, 2.05) is 39.1 Å². The molecule has 0 aliphatic carbocycles. The summed E-state index contributed by atoms with van der Waals surface area (Å²) in [6.45, 7) is 5.57. The molecule has 2 aromatic rings. The van der Waals surface area contributed by atoms with Gasteiger partial charge in [-0.25, -0.2) is 9.98 Å². The van der Waals surface area contributed by atoms with Crippen LogP contribution in [-0.4, -0.2) is 39.7 Å². The summed E-state index contributed by atoms with van der Waals surface area (Å²) in [6.07, 6.45) is 1.84. The Bertz CT molecular complexity index is 772. The van der Waals surface area contributed by atoms with Crippen LogP contribution in [0.15, 0.2) is 34.0 Å². The number of anilines is 1. The van der Waals surface area contributed by atoms with Crippen molar-refractivity contribution >= 4 is 33.5 Å². The summed E-state index contributed by atoms with van der Waals surface area (Å²) in [4.78, 5) is 20.7. The lowest BCUT2D eigenvalue weighted by atomic mass is 10.2. The van der Waals surface area contributed by atoms with Crippen molar-refractivity contribution < 1.29 is 4.79 Å². The molecule has 9 heteroatoms. The summed E-state index contributed by atoms with van der Waals surface area (Å²) in [5.41, 5.74) is 1.83. The predicted octanol–water partition coefficient (Wildman–Crippen LogP) is 1.97. The highest BCUT2D eigenvalue weighted by molar-refractivity contribution is 9.10. The number of amides is 1. The maximum absolute atomic E-state index is 12.1. The fourth-order valence-electron chi connectivity index (χ4n) is 2.23. The molecular weight excluding hydrogens is 398 g/mol. The van der Waals surface area contributed by atoms with Crippen molar-refractivity contribution in [2.45, 2.75) is 26.8 Å². The zero-order valence-corrected chi connectivity index (χ0v) is 16.8. The number of hydrogen-bond acceptors (Lipinski definition) is 4. The second-order valence-electron chi connectivity index (χ2n) is 5.68. The summed E-state index contributed by atoms with van der Waals surface area (Å²) in [5, 5.41) is 13.2. The van der Waals surface area contributed by atoms with Gasteiger partial charge in [-0.15, -0.1) is 0 Å². The Hall–Kier alpha value is -2.42. The van der Waals surface area contributed by atoms with Gasteiger partial charge in [0.25, 0.3) is 0 Å². The molecule has 0 bridgehead atoms. The highest BCUT2D eigenvalue weighted by Gasteiger charge is 2.06. The Morgan fingerprint density at radius 2 is 2.15 bits per heavy atom. The third kappa shape index (κ3) is 6.14. The highest BCUT2D eigenvalue weighted by Crippen LogP contribution is 2.19. The Morgan fingerprint density at radius 1 is 1.35 bits per heavy atom. The van der Waals surface area contributed by atoms with E-state index in [-0.39, 0.29) is 5.91 Å². The number of aliphatic imine (C=N–C) groups is 1. The smallest absolute Gasteiger partial charge is 0.226 e. The normalized spacial score (nSPS) is 11.3. The van der Waals surface area contributed by atoms with Crippen LogP contribution in [0.4, 0.5) is 5.69 Å². The summed E-state index contributed by atoms with van der Waals surface area (Å²) in [7, 11) is 1.83. The van der Waals surface area contributed by atoms with Gasteiger partial charge in [0.05, 0.1) is 0 Å². The maximum atomic E-state index is 12.1. The molecule has 1 amide bonds. The molecular formula is C17H24BrN7O. The molecule has 1 aromatic carbocycles. The van der Waals surface area contributed by atoms with Crippen molar-refractivity contribution in [1.29, 1.82) is 0 Å². The van der Waals surface area contributed by atoms with E-state index in [1.165, 1.54) is 6.33 Å². The molecule has 3 N–H and O–H groups in total. The molecule has 1 aromatic heterocycles. The van der Waals surface area contributed by atoms with E-state index in [1.54, 1.807) is 4.68 Å². The number of carbonyl (C=O) groups excluding carboxylic acids is 1. The van der Waals surface area contributed by atoms with E-state index in [4.69, 9.17) is 0 Å². The first-order chi connectivity index (χ1) is 12.5. The standard InChI is InChI=1S/C17H24BrN7O/c1-4-19-17(21-10-15-22-11-23-25(15)3)20-8-7-16(26)24-14-6-5-13(18)9-12(14)2/h5-6,9,11H,4,7-8,10H2,1-3H3,(H,24,26)(H2,19,20,21). The molecule has 0 atom stereocenters. The second-order valence-corrected chi connectivity index (χ2v) is 6.59. The van der Waals surface area contributed by atoms with Crippen LogP contribution >= 0.6 is 15.9 Å². The number of hydrogen-bond donors (Lipinski definition) is 3. The number of benzene rings is 1. The average molecular weight is 422 g/mol. The lowest BCUT2D eigenvalue weighted by molar-refractivity contribution is -0.116. The van der Waals surface area contributed by atoms with Crippen molar-refractivity contribution in [1.82, 2.24) is 25.4 Å². The molecule has 140 valence electrons. The molecule has 0 aliphatic rings. The van der Waals surface area contributed by atoms with Crippen molar-refractivity contribution in [2.24, 2.45) is 12.0 Å². The third-order valence-corrected chi connectivity index (χ3v) is 4.13. The lowest BCUT2D eigenvalue weighted by Gasteiger charge is -2.12. The largest absolute Gasteiger partial charge is 0.357 e. The van der Waals surface area contributed by atoms with Gasteiger partial charge in [-0.05, 0) is 37.6 Å². The van der Waals surface area contributed by atoms with Gasteiger partial charge in [-0.2, -0.15) is 5.10 Å². The van der Waals surface area contributed by atoms with Crippen molar-refractivity contribution in [3.05, 3.63) is 40.4 Å². The van der Waals surface area contributed by atoms with E-state index in [0.717, 1.165) is 28.1 Å². The van der Waals surface area contributed by atoms with Gasteiger partial charge in [0, 0.05) is 36.7 Å². The molecule has 0 radical (unpaired) electrons. The first kappa shape index (κ1) is 19.9. The number of aryl methyl sites for hydroxylation is 2. The van der Waals surface area contributed by atoms with Crippen LogP contribution in [0.3, 0.4) is 0 Å². The summed E-state index contributed by atoms with van der Waals surface area (Å²) >= 11 is 3.42. The van der Waals surface area contributed by atoms with E-state index in [0.29, 0.717) is 25.5 Å². The molecule has 8 nitrogen and oxygen atoms in total. The molecule has 0 aliphatic heterocycles. The first-order valence-corrected chi connectivity index (χ1v) is 9.20. The number of nitrogens with one attached hydrogen (secondary N) is 3. The van der Waals surface area contributed by atoms with Crippen molar-refractivity contribution in [3.63, 3.8) is 0 Å². The summed E-state index contributed by atoms with van der Waals surface area (Å²) in [5.74, 6) is 1.36. The average Bonchev–Trinajstić information content (AvgIpc) is 3.00. The number of guanidine groups is 1. The van der Waals surface area contributed by atoms with Crippen LogP contribution in [0.2, 0.25) is 0 Å². The van der Waals surface area contributed by atoms with Crippen LogP contribution in [0.1, 0.15) is 24.7 Å². The number of carbonyl (C=O) groups is 1. The molecule has 2 rings (SSSR count). The van der Waals surface area contributed by atoms with Crippen molar-refractivity contribution in [3.8, 4) is 0 Å². The minimum atomic E-state index is -0.0490. The van der Waals surface area contributed by atoms with Gasteiger partial charge < -0.3 is 16.0 Å². The van der Waals surface area contributed by atoms with Crippen LogP contribution in [0.5, 0.6) is 0 Å². The van der Waals surface area contributed by atoms with Gasteiger partial charge in [-0.1, -0.05) is 15.9 Å². The van der Waals surface area contributed by atoms with Gasteiger partial charge >= 0.3 is 0 Å². The molecule has 26 heavy (non-hydrogen) atoms. The fraction of sp³-hybridized carbons (Fsp3) is 0.412. The zero-order chi connectivity index (χ0) is 18.9. The number of aromatic nitrogens is 3. The molecule has 0 saturated heterocycles. The molecule has 0 saturated carbocycles. The lowest BCUT2D eigenvalue weighted by Crippen LogP contribution is -2.38. The zero-order valence-electron chi connectivity index (χ0n) is 15.2. The fourth-order valence-corrected chi connectivity index (χ4v) is 2.70. The van der Waals surface area contributed by atoms with E-state index in [9.17, 15) is 4.79 Å².